The number of nitrogens with zero attached hydrogens (tertiary/aromatic N) is 4. The van der Waals surface area contributed by atoms with Crippen LogP contribution in [0.2, 0.25) is 0 Å². The zero-order valence-corrected chi connectivity index (χ0v) is 13.5. The molecule has 0 bridgehead atoms. The van der Waals surface area contributed by atoms with Crippen LogP contribution in [0, 0.1) is 5.92 Å². The molecule has 3 rings (SSSR count). The van der Waals surface area contributed by atoms with Crippen LogP contribution in [0.5, 0.6) is 5.88 Å². The second-order valence-electron chi connectivity index (χ2n) is 5.34. The molecule has 6 nitrogen and oxygen atoms in total. The first kappa shape index (κ1) is 15.2. The largest absolute Gasteiger partial charge is 0.477 e. The number of anilines is 1. The fourth-order valence-corrected chi connectivity index (χ4v) is 3.21. The van der Waals surface area contributed by atoms with Gasteiger partial charge in [-0.25, -0.2) is 9.97 Å². The molecule has 2 aromatic heterocycles. The van der Waals surface area contributed by atoms with Gasteiger partial charge in [-0.3, -0.25) is 0 Å². The molecule has 0 atom stereocenters. The third-order valence-electron chi connectivity index (χ3n) is 3.72. The molecule has 0 N–H and O–H groups in total. The lowest BCUT2D eigenvalue weighted by Crippen LogP contribution is -2.35. The van der Waals surface area contributed by atoms with Gasteiger partial charge in [0.25, 0.3) is 0 Å². The molecule has 1 aliphatic rings. The minimum Gasteiger partial charge on any atom is -0.477 e. The lowest BCUT2D eigenvalue weighted by Gasteiger charge is -2.31. The highest BCUT2D eigenvalue weighted by molar-refractivity contribution is 7.09. The van der Waals surface area contributed by atoms with Crippen molar-refractivity contribution in [2.75, 3.05) is 31.7 Å². The van der Waals surface area contributed by atoms with Crippen LogP contribution in [0.3, 0.4) is 0 Å². The number of hydrogen-bond acceptors (Lipinski definition) is 7. The fourth-order valence-electron chi connectivity index (χ4n) is 2.49. The van der Waals surface area contributed by atoms with Crippen LogP contribution < -0.4 is 9.64 Å². The van der Waals surface area contributed by atoms with Crippen LogP contribution in [0.4, 0.5) is 5.13 Å². The van der Waals surface area contributed by atoms with Crippen molar-refractivity contribution in [3.63, 3.8) is 0 Å². The highest BCUT2D eigenvalue weighted by Gasteiger charge is 2.22. The van der Waals surface area contributed by atoms with Crippen molar-refractivity contribution < 1.29 is 9.47 Å². The maximum absolute atomic E-state index is 5.75. The Kier molecular flexibility index (Phi) is 5.18. The van der Waals surface area contributed by atoms with Gasteiger partial charge in [0.05, 0.1) is 6.61 Å². The van der Waals surface area contributed by atoms with Crippen LogP contribution in [-0.4, -0.2) is 41.1 Å². The number of piperidine rings is 1. The normalized spacial score (nSPS) is 16.0. The maximum atomic E-state index is 5.75. The fraction of sp³-hybridized carbons (Fsp3) is 0.533. The summed E-state index contributed by atoms with van der Waals surface area (Å²) in [5, 5.41) is 0.996. The highest BCUT2D eigenvalue weighted by atomic mass is 32.1. The van der Waals surface area contributed by atoms with E-state index in [1.165, 1.54) is 11.5 Å². The number of pyridine rings is 1. The third kappa shape index (κ3) is 3.92. The number of aromatic nitrogens is 3. The second-order valence-corrected chi connectivity index (χ2v) is 6.07. The SMILES string of the molecule is COCc1nsc(N2CCC(COc3ccccn3)CC2)n1. The average Bonchev–Trinajstić information content (AvgIpc) is 3.03. The first-order chi connectivity index (χ1) is 10.8. The molecule has 0 spiro atoms. The Morgan fingerprint density at radius 1 is 1.32 bits per heavy atom. The van der Waals surface area contributed by atoms with Crippen LogP contribution >= 0.6 is 11.5 Å². The van der Waals surface area contributed by atoms with Crippen molar-refractivity contribution in [1.29, 1.82) is 0 Å². The Hall–Kier alpha value is -1.73. The summed E-state index contributed by atoms with van der Waals surface area (Å²) in [5.41, 5.74) is 0. The van der Waals surface area contributed by atoms with Crippen molar-refractivity contribution in [3.8, 4) is 5.88 Å². The van der Waals surface area contributed by atoms with Gasteiger partial charge >= 0.3 is 0 Å². The van der Waals surface area contributed by atoms with E-state index in [0.29, 0.717) is 18.4 Å². The lowest BCUT2D eigenvalue weighted by molar-refractivity contribution is 0.179. The topological polar surface area (TPSA) is 60.4 Å². The summed E-state index contributed by atoms with van der Waals surface area (Å²) in [7, 11) is 1.66. The van der Waals surface area contributed by atoms with Gasteiger partial charge in [0.15, 0.2) is 5.82 Å². The quantitative estimate of drug-likeness (QED) is 0.814. The van der Waals surface area contributed by atoms with Crippen LogP contribution in [0.15, 0.2) is 24.4 Å². The second kappa shape index (κ2) is 7.51. The minimum absolute atomic E-state index is 0.477. The van der Waals surface area contributed by atoms with Gasteiger partial charge in [0.2, 0.25) is 11.0 Å². The third-order valence-corrected chi connectivity index (χ3v) is 4.54. The Balaban J connectivity index is 1.45. The molecule has 1 fully saturated rings. The van der Waals surface area contributed by atoms with Gasteiger partial charge in [-0.2, -0.15) is 4.37 Å². The summed E-state index contributed by atoms with van der Waals surface area (Å²) in [6, 6.07) is 5.73. The van der Waals surface area contributed by atoms with Gasteiger partial charge in [0.1, 0.15) is 6.61 Å². The molecule has 1 saturated heterocycles. The molecule has 0 unspecified atom stereocenters. The first-order valence-corrected chi connectivity index (χ1v) is 8.23. The van der Waals surface area contributed by atoms with Gasteiger partial charge < -0.3 is 14.4 Å². The minimum atomic E-state index is 0.477. The smallest absolute Gasteiger partial charge is 0.213 e. The predicted molar refractivity (Wildman–Crippen MR) is 85.3 cm³/mol. The molecule has 0 aliphatic carbocycles. The average molecular weight is 320 g/mol. The van der Waals surface area contributed by atoms with Crippen molar-refractivity contribution >= 4 is 16.7 Å². The zero-order chi connectivity index (χ0) is 15.2. The molecule has 0 amide bonds. The van der Waals surface area contributed by atoms with Crippen molar-refractivity contribution in [2.24, 2.45) is 5.92 Å². The monoisotopic (exact) mass is 320 g/mol. The Labute approximate surface area is 134 Å². The molecule has 22 heavy (non-hydrogen) atoms. The van der Waals surface area contributed by atoms with E-state index in [1.807, 2.05) is 18.2 Å². The van der Waals surface area contributed by atoms with E-state index in [0.717, 1.165) is 43.5 Å². The molecule has 118 valence electrons. The molecule has 0 radical (unpaired) electrons. The van der Waals surface area contributed by atoms with E-state index in [-0.39, 0.29) is 0 Å². The molecular formula is C15H20N4O2S. The standard InChI is InChI=1S/C15H20N4O2S/c1-20-11-13-17-15(22-18-13)19-8-5-12(6-9-19)10-21-14-4-2-3-7-16-14/h2-4,7,12H,5-6,8-11H2,1H3. The summed E-state index contributed by atoms with van der Waals surface area (Å²) in [5.74, 6) is 2.05. The van der Waals surface area contributed by atoms with E-state index in [2.05, 4.69) is 19.2 Å². The summed E-state index contributed by atoms with van der Waals surface area (Å²) in [6.45, 7) is 3.20. The molecule has 7 heteroatoms. The number of ether oxygens (including phenoxy) is 2. The summed E-state index contributed by atoms with van der Waals surface area (Å²) in [4.78, 5) is 11.0. The predicted octanol–water partition coefficient (Wildman–Crippen LogP) is 2.37. The van der Waals surface area contributed by atoms with Gasteiger partial charge in [-0.15, -0.1) is 0 Å². The molecule has 2 aromatic rings. The van der Waals surface area contributed by atoms with Crippen molar-refractivity contribution in [2.45, 2.75) is 19.4 Å². The van der Waals surface area contributed by atoms with Crippen LogP contribution in [0.1, 0.15) is 18.7 Å². The number of methoxy groups -OCH3 is 1. The van der Waals surface area contributed by atoms with Gasteiger partial charge in [-0.1, -0.05) is 6.07 Å². The Bertz CT molecular complexity index is 570. The summed E-state index contributed by atoms with van der Waals surface area (Å²) in [6.07, 6.45) is 3.96. The van der Waals surface area contributed by atoms with Gasteiger partial charge in [-0.05, 0) is 24.8 Å². The molecule has 0 aromatic carbocycles. The number of rotatable bonds is 6. The molecule has 0 saturated carbocycles. The van der Waals surface area contributed by atoms with Crippen molar-refractivity contribution in [3.05, 3.63) is 30.2 Å². The number of hydrogen-bond donors (Lipinski definition) is 0. The van der Waals surface area contributed by atoms with Crippen LogP contribution in [-0.2, 0) is 11.3 Å². The van der Waals surface area contributed by atoms with Gasteiger partial charge in [0, 0.05) is 44.0 Å². The summed E-state index contributed by atoms with van der Waals surface area (Å²) < 4.78 is 15.1. The lowest BCUT2D eigenvalue weighted by atomic mass is 9.98. The van der Waals surface area contributed by atoms with E-state index < -0.39 is 0 Å². The summed E-state index contributed by atoms with van der Waals surface area (Å²) >= 11 is 1.45. The molecule has 3 heterocycles. The van der Waals surface area contributed by atoms with E-state index >= 15 is 0 Å². The zero-order valence-electron chi connectivity index (χ0n) is 12.6. The Morgan fingerprint density at radius 2 is 2.18 bits per heavy atom. The molecular weight excluding hydrogens is 300 g/mol. The highest BCUT2D eigenvalue weighted by Crippen LogP contribution is 2.25. The van der Waals surface area contributed by atoms with E-state index in [9.17, 15) is 0 Å². The van der Waals surface area contributed by atoms with E-state index in [4.69, 9.17) is 9.47 Å². The first-order valence-electron chi connectivity index (χ1n) is 7.45. The maximum Gasteiger partial charge on any atom is 0.213 e. The van der Waals surface area contributed by atoms with E-state index in [1.54, 1.807) is 13.3 Å². The Morgan fingerprint density at radius 3 is 2.91 bits per heavy atom. The van der Waals surface area contributed by atoms with Crippen LogP contribution in [0.25, 0.3) is 0 Å². The van der Waals surface area contributed by atoms with Crippen molar-refractivity contribution in [1.82, 2.24) is 14.3 Å². The molecule has 1 aliphatic heterocycles.